The number of halogens is 1. The Labute approximate surface area is 150 Å². The van der Waals surface area contributed by atoms with Crippen molar-refractivity contribution in [2.24, 2.45) is 0 Å². The van der Waals surface area contributed by atoms with Crippen LogP contribution in [0.25, 0.3) is 6.08 Å². The zero-order chi connectivity index (χ0) is 16.4. The predicted molar refractivity (Wildman–Crippen MR) is 101 cm³/mol. The molecule has 2 aromatic carbocycles. The van der Waals surface area contributed by atoms with E-state index in [0.717, 1.165) is 11.1 Å². The standard InChI is InChI=1S/C18H14ClNOS2/c1-12(14-5-3-2-4-6-14)20-17(21)16(23-18(20)22)11-13-7-9-15(19)10-8-13/h2-12H,1H3/b16-11-. The van der Waals surface area contributed by atoms with E-state index >= 15 is 0 Å². The monoisotopic (exact) mass is 359 g/mol. The maximum absolute atomic E-state index is 12.7. The van der Waals surface area contributed by atoms with E-state index in [1.807, 2.05) is 55.5 Å². The zero-order valence-corrected chi connectivity index (χ0v) is 14.8. The third kappa shape index (κ3) is 3.50. The SMILES string of the molecule is CC(c1ccccc1)N1C(=O)/C(=C/c2ccc(Cl)cc2)SC1=S. The van der Waals surface area contributed by atoms with Gasteiger partial charge in [-0.05, 0) is 36.3 Å². The van der Waals surface area contributed by atoms with E-state index in [0.29, 0.717) is 14.2 Å². The highest BCUT2D eigenvalue weighted by Crippen LogP contribution is 2.37. The molecule has 1 heterocycles. The van der Waals surface area contributed by atoms with Gasteiger partial charge in [0, 0.05) is 5.02 Å². The largest absolute Gasteiger partial charge is 0.286 e. The Morgan fingerprint density at radius 3 is 2.43 bits per heavy atom. The fourth-order valence-electron chi connectivity index (χ4n) is 2.40. The molecule has 1 saturated heterocycles. The summed E-state index contributed by atoms with van der Waals surface area (Å²) >= 11 is 12.6. The molecule has 1 amide bonds. The van der Waals surface area contributed by atoms with Gasteiger partial charge in [0.2, 0.25) is 0 Å². The van der Waals surface area contributed by atoms with E-state index in [1.165, 1.54) is 11.8 Å². The van der Waals surface area contributed by atoms with Gasteiger partial charge in [-0.1, -0.05) is 78.0 Å². The quantitative estimate of drug-likeness (QED) is 0.547. The van der Waals surface area contributed by atoms with Crippen LogP contribution in [0.3, 0.4) is 0 Å². The average molecular weight is 360 g/mol. The van der Waals surface area contributed by atoms with Gasteiger partial charge < -0.3 is 0 Å². The highest BCUT2D eigenvalue weighted by atomic mass is 35.5. The third-order valence-electron chi connectivity index (χ3n) is 3.66. The third-order valence-corrected chi connectivity index (χ3v) is 5.24. The number of benzene rings is 2. The van der Waals surface area contributed by atoms with E-state index in [9.17, 15) is 4.79 Å². The molecule has 0 bridgehead atoms. The minimum absolute atomic E-state index is 0.0497. The van der Waals surface area contributed by atoms with Crippen molar-refractivity contribution in [3.05, 3.63) is 75.7 Å². The molecule has 0 aromatic heterocycles. The number of hydrogen-bond donors (Lipinski definition) is 0. The topological polar surface area (TPSA) is 20.3 Å². The number of carbonyl (C=O) groups is 1. The van der Waals surface area contributed by atoms with E-state index in [1.54, 1.807) is 17.0 Å². The molecular formula is C18H14ClNOS2. The number of rotatable bonds is 3. The number of nitrogens with zero attached hydrogens (tertiary/aromatic N) is 1. The molecule has 0 radical (unpaired) electrons. The van der Waals surface area contributed by atoms with Crippen molar-refractivity contribution in [1.29, 1.82) is 0 Å². The van der Waals surface area contributed by atoms with Crippen LogP contribution in [0.2, 0.25) is 5.02 Å². The van der Waals surface area contributed by atoms with E-state index in [2.05, 4.69) is 0 Å². The molecule has 5 heteroatoms. The first-order chi connectivity index (χ1) is 11.1. The van der Waals surface area contributed by atoms with Gasteiger partial charge in [0.05, 0.1) is 10.9 Å². The van der Waals surface area contributed by atoms with E-state index < -0.39 is 0 Å². The molecule has 1 fully saturated rings. The second kappa shape index (κ2) is 6.87. The molecule has 116 valence electrons. The molecule has 0 spiro atoms. The van der Waals surface area contributed by atoms with Crippen molar-refractivity contribution in [3.8, 4) is 0 Å². The zero-order valence-electron chi connectivity index (χ0n) is 12.4. The lowest BCUT2D eigenvalue weighted by Gasteiger charge is -2.23. The second-order valence-electron chi connectivity index (χ2n) is 5.19. The summed E-state index contributed by atoms with van der Waals surface area (Å²) in [6.45, 7) is 1.99. The predicted octanol–water partition coefficient (Wildman–Crippen LogP) is 5.30. The minimum Gasteiger partial charge on any atom is -0.286 e. The lowest BCUT2D eigenvalue weighted by molar-refractivity contribution is -0.123. The van der Waals surface area contributed by atoms with Crippen molar-refractivity contribution in [3.63, 3.8) is 0 Å². The van der Waals surface area contributed by atoms with Gasteiger partial charge in [-0.2, -0.15) is 0 Å². The van der Waals surface area contributed by atoms with E-state index in [4.69, 9.17) is 23.8 Å². The van der Waals surface area contributed by atoms with Gasteiger partial charge in [0.1, 0.15) is 4.32 Å². The molecule has 1 aliphatic heterocycles. The van der Waals surface area contributed by atoms with E-state index in [-0.39, 0.29) is 11.9 Å². The molecule has 23 heavy (non-hydrogen) atoms. The first-order valence-electron chi connectivity index (χ1n) is 7.14. The van der Waals surface area contributed by atoms with Gasteiger partial charge in [0.25, 0.3) is 5.91 Å². The molecular weight excluding hydrogens is 346 g/mol. The Bertz CT molecular complexity index is 771. The van der Waals surface area contributed by atoms with Crippen molar-refractivity contribution in [1.82, 2.24) is 4.90 Å². The lowest BCUT2D eigenvalue weighted by Crippen LogP contribution is -2.30. The van der Waals surface area contributed by atoms with Crippen molar-refractivity contribution in [2.75, 3.05) is 0 Å². The fourth-order valence-corrected chi connectivity index (χ4v) is 3.95. The summed E-state index contributed by atoms with van der Waals surface area (Å²) in [6.07, 6.45) is 1.85. The highest BCUT2D eigenvalue weighted by molar-refractivity contribution is 8.26. The number of hydrogen-bond acceptors (Lipinski definition) is 3. The Hall–Kier alpha value is -1.62. The average Bonchev–Trinajstić information content (AvgIpc) is 2.84. The summed E-state index contributed by atoms with van der Waals surface area (Å²) in [7, 11) is 0. The summed E-state index contributed by atoms with van der Waals surface area (Å²) in [6, 6.07) is 17.2. The molecule has 0 saturated carbocycles. The second-order valence-corrected chi connectivity index (χ2v) is 7.30. The van der Waals surface area contributed by atoms with Crippen molar-refractivity contribution in [2.45, 2.75) is 13.0 Å². The Morgan fingerprint density at radius 2 is 1.78 bits per heavy atom. The van der Waals surface area contributed by atoms with Gasteiger partial charge >= 0.3 is 0 Å². The molecule has 3 rings (SSSR count). The number of carbonyl (C=O) groups excluding carboxylic acids is 1. The summed E-state index contributed by atoms with van der Waals surface area (Å²) in [4.78, 5) is 15.0. The number of thioether (sulfide) groups is 1. The van der Waals surface area contributed by atoms with Crippen LogP contribution in [0.4, 0.5) is 0 Å². The lowest BCUT2D eigenvalue weighted by atomic mass is 10.1. The summed E-state index contributed by atoms with van der Waals surface area (Å²) < 4.78 is 0.589. The number of amides is 1. The van der Waals surface area contributed by atoms with Crippen LogP contribution in [-0.2, 0) is 4.79 Å². The summed E-state index contributed by atoms with van der Waals surface area (Å²) in [5, 5.41) is 0.674. The van der Waals surface area contributed by atoms with Crippen LogP contribution in [0.5, 0.6) is 0 Å². The maximum atomic E-state index is 12.7. The van der Waals surface area contributed by atoms with Gasteiger partial charge in [-0.3, -0.25) is 9.69 Å². The van der Waals surface area contributed by atoms with Crippen LogP contribution in [0.1, 0.15) is 24.1 Å². The molecule has 1 unspecified atom stereocenters. The van der Waals surface area contributed by atoms with Gasteiger partial charge in [-0.15, -0.1) is 0 Å². The highest BCUT2D eigenvalue weighted by Gasteiger charge is 2.35. The van der Waals surface area contributed by atoms with Gasteiger partial charge in [0.15, 0.2) is 0 Å². The normalized spacial score (nSPS) is 17.8. The molecule has 1 aliphatic rings. The van der Waals surface area contributed by atoms with Crippen LogP contribution in [-0.4, -0.2) is 15.1 Å². The number of thiocarbonyl (C=S) groups is 1. The molecule has 0 aliphatic carbocycles. The molecule has 0 N–H and O–H groups in total. The van der Waals surface area contributed by atoms with Crippen LogP contribution < -0.4 is 0 Å². The molecule has 1 atom stereocenters. The maximum Gasteiger partial charge on any atom is 0.266 e. The first-order valence-corrected chi connectivity index (χ1v) is 8.74. The summed E-state index contributed by atoms with van der Waals surface area (Å²) in [5.74, 6) is -0.0497. The fraction of sp³-hybridized carbons (Fsp3) is 0.111. The van der Waals surface area contributed by atoms with Crippen LogP contribution in [0, 0.1) is 0 Å². The molecule has 2 nitrogen and oxygen atoms in total. The molecule has 2 aromatic rings. The smallest absolute Gasteiger partial charge is 0.266 e. The Morgan fingerprint density at radius 1 is 1.13 bits per heavy atom. The Balaban J connectivity index is 1.86. The van der Waals surface area contributed by atoms with Crippen LogP contribution in [0.15, 0.2) is 59.5 Å². The minimum atomic E-state index is -0.0835. The first kappa shape index (κ1) is 16.2. The Kier molecular flexibility index (Phi) is 4.85. The van der Waals surface area contributed by atoms with Crippen molar-refractivity contribution < 1.29 is 4.79 Å². The van der Waals surface area contributed by atoms with Crippen molar-refractivity contribution >= 4 is 51.9 Å². The van der Waals surface area contributed by atoms with Gasteiger partial charge in [-0.25, -0.2) is 0 Å². The van der Waals surface area contributed by atoms with Crippen LogP contribution >= 0.6 is 35.6 Å². The summed E-state index contributed by atoms with van der Waals surface area (Å²) in [5.41, 5.74) is 2.00.